The molecule has 1 aliphatic heterocycles. The highest BCUT2D eigenvalue weighted by Crippen LogP contribution is 2.28. The van der Waals surface area contributed by atoms with Crippen LogP contribution in [0.4, 0.5) is 5.69 Å². The number of carbonyl (C=O) groups excluding carboxylic acids is 1. The Labute approximate surface area is 106 Å². The SMILES string of the molecule is COc1cccc(N)c1C(=O)N1CCC(CO)C1. The molecule has 1 atom stereocenters. The summed E-state index contributed by atoms with van der Waals surface area (Å²) in [7, 11) is 1.52. The van der Waals surface area contributed by atoms with E-state index in [0.29, 0.717) is 30.1 Å². The molecule has 5 heteroatoms. The van der Waals surface area contributed by atoms with Crippen molar-refractivity contribution in [2.45, 2.75) is 6.42 Å². The zero-order valence-electron chi connectivity index (χ0n) is 10.4. The molecular weight excluding hydrogens is 232 g/mol. The largest absolute Gasteiger partial charge is 0.496 e. The molecule has 3 N–H and O–H groups in total. The van der Waals surface area contributed by atoms with Crippen molar-refractivity contribution >= 4 is 11.6 Å². The quantitative estimate of drug-likeness (QED) is 0.775. The minimum Gasteiger partial charge on any atom is -0.496 e. The molecule has 2 rings (SSSR count). The molecule has 1 amide bonds. The smallest absolute Gasteiger partial charge is 0.259 e. The summed E-state index contributed by atoms with van der Waals surface area (Å²) >= 11 is 0. The van der Waals surface area contributed by atoms with Gasteiger partial charge >= 0.3 is 0 Å². The number of nitrogens with zero attached hydrogens (tertiary/aromatic N) is 1. The van der Waals surface area contributed by atoms with Gasteiger partial charge in [-0.3, -0.25) is 4.79 Å². The minimum absolute atomic E-state index is 0.116. The second-order valence-corrected chi connectivity index (χ2v) is 4.51. The van der Waals surface area contributed by atoms with E-state index in [1.54, 1.807) is 23.1 Å². The van der Waals surface area contributed by atoms with E-state index in [-0.39, 0.29) is 18.4 Å². The topological polar surface area (TPSA) is 75.8 Å². The van der Waals surface area contributed by atoms with Crippen LogP contribution in [0.2, 0.25) is 0 Å². The fourth-order valence-corrected chi connectivity index (χ4v) is 2.27. The van der Waals surface area contributed by atoms with Gasteiger partial charge in [0.15, 0.2) is 0 Å². The van der Waals surface area contributed by atoms with Crippen LogP contribution < -0.4 is 10.5 Å². The van der Waals surface area contributed by atoms with Gasteiger partial charge in [0, 0.05) is 31.3 Å². The summed E-state index contributed by atoms with van der Waals surface area (Å²) in [4.78, 5) is 14.1. The lowest BCUT2D eigenvalue weighted by atomic mass is 10.1. The number of nitrogen functional groups attached to an aromatic ring is 1. The van der Waals surface area contributed by atoms with E-state index in [0.717, 1.165) is 6.42 Å². The lowest BCUT2D eigenvalue weighted by molar-refractivity contribution is 0.0779. The summed E-state index contributed by atoms with van der Waals surface area (Å²) in [5.41, 5.74) is 6.69. The summed E-state index contributed by atoms with van der Waals surface area (Å²) < 4.78 is 5.18. The van der Waals surface area contributed by atoms with Crippen LogP contribution in [0.15, 0.2) is 18.2 Å². The van der Waals surface area contributed by atoms with E-state index in [9.17, 15) is 4.79 Å². The van der Waals surface area contributed by atoms with Gasteiger partial charge in [0.25, 0.3) is 5.91 Å². The molecule has 1 aromatic carbocycles. The van der Waals surface area contributed by atoms with Gasteiger partial charge in [0.05, 0.1) is 7.11 Å². The van der Waals surface area contributed by atoms with Crippen LogP contribution in [0.3, 0.4) is 0 Å². The van der Waals surface area contributed by atoms with E-state index in [4.69, 9.17) is 15.6 Å². The first-order valence-corrected chi connectivity index (χ1v) is 6.00. The predicted octanol–water partition coefficient (Wildman–Crippen LogP) is 0.732. The molecule has 98 valence electrons. The Hall–Kier alpha value is -1.75. The van der Waals surface area contributed by atoms with Crippen LogP contribution in [0.1, 0.15) is 16.8 Å². The lowest BCUT2D eigenvalue weighted by Crippen LogP contribution is -2.30. The third-order valence-corrected chi connectivity index (χ3v) is 3.32. The van der Waals surface area contributed by atoms with Crippen molar-refractivity contribution in [2.75, 3.05) is 32.5 Å². The molecule has 5 nitrogen and oxygen atoms in total. The van der Waals surface area contributed by atoms with Crippen molar-refractivity contribution in [3.63, 3.8) is 0 Å². The Morgan fingerprint density at radius 3 is 3.00 bits per heavy atom. The first-order valence-electron chi connectivity index (χ1n) is 6.00. The molecule has 0 spiro atoms. The van der Waals surface area contributed by atoms with Gasteiger partial charge < -0.3 is 20.5 Å². The molecule has 0 bridgehead atoms. The second kappa shape index (κ2) is 5.27. The molecule has 1 heterocycles. The molecule has 1 aromatic rings. The highest BCUT2D eigenvalue weighted by Gasteiger charge is 2.29. The first kappa shape index (κ1) is 12.7. The van der Waals surface area contributed by atoms with E-state index < -0.39 is 0 Å². The van der Waals surface area contributed by atoms with Gasteiger partial charge in [-0.15, -0.1) is 0 Å². The van der Waals surface area contributed by atoms with E-state index in [1.807, 2.05) is 0 Å². The van der Waals surface area contributed by atoms with Crippen molar-refractivity contribution in [1.82, 2.24) is 4.90 Å². The van der Waals surface area contributed by atoms with Crippen molar-refractivity contribution in [3.8, 4) is 5.75 Å². The number of rotatable bonds is 3. The molecule has 18 heavy (non-hydrogen) atoms. The molecule has 1 unspecified atom stereocenters. The summed E-state index contributed by atoms with van der Waals surface area (Å²) in [6, 6.07) is 5.17. The van der Waals surface area contributed by atoms with Crippen molar-refractivity contribution < 1.29 is 14.6 Å². The average Bonchev–Trinajstić information content (AvgIpc) is 2.86. The van der Waals surface area contributed by atoms with Gasteiger partial charge in [-0.1, -0.05) is 6.07 Å². The fraction of sp³-hybridized carbons (Fsp3) is 0.462. The molecular formula is C13H18N2O3. The Morgan fingerprint density at radius 2 is 2.39 bits per heavy atom. The highest BCUT2D eigenvalue weighted by atomic mass is 16.5. The van der Waals surface area contributed by atoms with Crippen LogP contribution in [0.25, 0.3) is 0 Å². The molecule has 0 aromatic heterocycles. The number of ether oxygens (including phenoxy) is 1. The van der Waals surface area contributed by atoms with Crippen molar-refractivity contribution in [1.29, 1.82) is 0 Å². The van der Waals surface area contributed by atoms with Gasteiger partial charge in [0.2, 0.25) is 0 Å². The third kappa shape index (κ3) is 2.26. The maximum Gasteiger partial charge on any atom is 0.259 e. The number of likely N-dealkylation sites (tertiary alicyclic amines) is 1. The van der Waals surface area contributed by atoms with Crippen molar-refractivity contribution in [2.24, 2.45) is 5.92 Å². The predicted molar refractivity (Wildman–Crippen MR) is 68.5 cm³/mol. The molecule has 1 fully saturated rings. The van der Waals surface area contributed by atoms with Crippen LogP contribution in [0.5, 0.6) is 5.75 Å². The number of aliphatic hydroxyl groups excluding tert-OH is 1. The number of aliphatic hydroxyl groups is 1. The zero-order chi connectivity index (χ0) is 13.1. The summed E-state index contributed by atoms with van der Waals surface area (Å²) in [6.45, 7) is 1.35. The van der Waals surface area contributed by atoms with Crippen LogP contribution in [0, 0.1) is 5.92 Å². The lowest BCUT2D eigenvalue weighted by Gasteiger charge is -2.19. The first-order chi connectivity index (χ1) is 8.67. The highest BCUT2D eigenvalue weighted by molar-refractivity contribution is 6.02. The number of hydrogen-bond donors (Lipinski definition) is 2. The van der Waals surface area contributed by atoms with Crippen LogP contribution >= 0.6 is 0 Å². The third-order valence-electron chi connectivity index (χ3n) is 3.32. The van der Waals surface area contributed by atoms with Gasteiger partial charge in [-0.2, -0.15) is 0 Å². The summed E-state index contributed by atoms with van der Waals surface area (Å²) in [6.07, 6.45) is 0.831. The van der Waals surface area contributed by atoms with Gasteiger partial charge in [-0.05, 0) is 18.6 Å². The average molecular weight is 250 g/mol. The van der Waals surface area contributed by atoms with E-state index in [2.05, 4.69) is 0 Å². The summed E-state index contributed by atoms with van der Waals surface area (Å²) in [5.74, 6) is 0.540. The molecule has 0 radical (unpaired) electrons. The van der Waals surface area contributed by atoms with E-state index >= 15 is 0 Å². The van der Waals surface area contributed by atoms with Crippen molar-refractivity contribution in [3.05, 3.63) is 23.8 Å². The molecule has 0 aliphatic carbocycles. The standard InChI is InChI=1S/C13H18N2O3/c1-18-11-4-2-3-10(14)12(11)13(17)15-6-5-9(7-15)8-16/h2-4,9,16H,5-8,14H2,1H3. The van der Waals surface area contributed by atoms with Crippen LogP contribution in [-0.2, 0) is 0 Å². The van der Waals surface area contributed by atoms with Gasteiger partial charge in [-0.25, -0.2) is 0 Å². The maximum atomic E-state index is 12.4. The Kier molecular flexibility index (Phi) is 3.72. The van der Waals surface area contributed by atoms with Crippen LogP contribution in [-0.4, -0.2) is 42.7 Å². The zero-order valence-corrected chi connectivity index (χ0v) is 10.4. The number of benzene rings is 1. The minimum atomic E-state index is -0.124. The fourth-order valence-electron chi connectivity index (χ4n) is 2.27. The van der Waals surface area contributed by atoms with E-state index in [1.165, 1.54) is 7.11 Å². The normalized spacial score (nSPS) is 19.0. The number of amides is 1. The van der Waals surface area contributed by atoms with Gasteiger partial charge in [0.1, 0.15) is 11.3 Å². The number of anilines is 1. The number of nitrogens with two attached hydrogens (primary N) is 1. The number of hydrogen-bond acceptors (Lipinski definition) is 4. The monoisotopic (exact) mass is 250 g/mol. The molecule has 1 saturated heterocycles. The molecule has 0 saturated carbocycles. The Morgan fingerprint density at radius 1 is 1.61 bits per heavy atom. The Balaban J connectivity index is 2.24. The Bertz CT molecular complexity index is 448. The number of methoxy groups -OCH3 is 1. The molecule has 1 aliphatic rings. The number of carbonyl (C=O) groups is 1. The second-order valence-electron chi connectivity index (χ2n) is 4.51. The maximum absolute atomic E-state index is 12.4. The summed E-state index contributed by atoms with van der Waals surface area (Å²) in [5, 5.41) is 9.10.